The third-order valence-electron chi connectivity index (χ3n) is 2.58. The smallest absolute Gasteiger partial charge is 0.239 e. The van der Waals surface area contributed by atoms with Gasteiger partial charge in [0.2, 0.25) is 5.91 Å². The lowest BCUT2D eigenvalue weighted by molar-refractivity contribution is -0.132. The number of hydrogen-bond donors (Lipinski definition) is 1. The van der Waals surface area contributed by atoms with E-state index in [4.69, 9.17) is 10.2 Å². The van der Waals surface area contributed by atoms with Gasteiger partial charge in [-0.15, -0.1) is 0 Å². The van der Waals surface area contributed by atoms with Gasteiger partial charge in [-0.1, -0.05) is 19.8 Å². The van der Waals surface area contributed by atoms with E-state index in [-0.39, 0.29) is 5.91 Å². The molecule has 0 aliphatic heterocycles. The Hall–Kier alpha value is -0.810. The highest BCUT2D eigenvalue weighted by molar-refractivity contribution is 9.10. The number of nitrogens with zero attached hydrogens (tertiary/aromatic N) is 1. The molecule has 0 saturated carbocycles. The molecule has 0 aromatic carbocycles. The van der Waals surface area contributed by atoms with Crippen LogP contribution in [0.25, 0.3) is 0 Å². The monoisotopic (exact) mass is 302 g/mol. The van der Waals surface area contributed by atoms with Crippen molar-refractivity contribution >= 4 is 21.8 Å². The number of unbranched alkanes of at least 4 members (excludes halogenated alkanes) is 1. The van der Waals surface area contributed by atoms with Crippen LogP contribution < -0.4 is 5.73 Å². The van der Waals surface area contributed by atoms with E-state index in [1.807, 2.05) is 12.1 Å². The van der Waals surface area contributed by atoms with Crippen molar-refractivity contribution in [2.45, 2.75) is 38.8 Å². The molecule has 0 aliphatic rings. The number of carbonyl (C=O) groups is 1. The molecular weight excluding hydrogens is 284 g/mol. The van der Waals surface area contributed by atoms with Crippen LogP contribution in [0.15, 0.2) is 21.2 Å². The number of rotatable bonds is 6. The first-order valence-corrected chi connectivity index (χ1v) is 6.58. The van der Waals surface area contributed by atoms with Crippen molar-refractivity contribution < 1.29 is 9.21 Å². The highest BCUT2D eigenvalue weighted by Gasteiger charge is 2.18. The van der Waals surface area contributed by atoms with Crippen molar-refractivity contribution in [1.29, 1.82) is 0 Å². The number of nitrogens with two attached hydrogens (primary N) is 1. The van der Waals surface area contributed by atoms with Crippen LogP contribution in [-0.2, 0) is 11.3 Å². The van der Waals surface area contributed by atoms with E-state index in [1.54, 1.807) is 11.9 Å². The Morgan fingerprint density at radius 1 is 1.59 bits per heavy atom. The van der Waals surface area contributed by atoms with Gasteiger partial charge in [-0.2, -0.15) is 0 Å². The van der Waals surface area contributed by atoms with E-state index < -0.39 is 6.04 Å². The minimum absolute atomic E-state index is 0.0361. The van der Waals surface area contributed by atoms with E-state index in [0.717, 1.165) is 25.0 Å². The molecular formula is C12H19BrN2O2. The Labute approximate surface area is 110 Å². The second kappa shape index (κ2) is 6.81. The summed E-state index contributed by atoms with van der Waals surface area (Å²) in [5, 5.41) is 0. The molecule has 96 valence electrons. The van der Waals surface area contributed by atoms with Crippen LogP contribution in [0.5, 0.6) is 0 Å². The summed E-state index contributed by atoms with van der Waals surface area (Å²) in [5.74, 6) is 0.710. The van der Waals surface area contributed by atoms with Gasteiger partial charge in [-0.05, 0) is 34.5 Å². The highest BCUT2D eigenvalue weighted by atomic mass is 79.9. The first kappa shape index (κ1) is 14.3. The van der Waals surface area contributed by atoms with Crippen molar-refractivity contribution in [2.24, 2.45) is 5.73 Å². The third kappa shape index (κ3) is 4.52. The fourth-order valence-corrected chi connectivity index (χ4v) is 1.92. The topological polar surface area (TPSA) is 59.5 Å². The van der Waals surface area contributed by atoms with Crippen LogP contribution >= 0.6 is 15.9 Å². The molecule has 0 spiro atoms. The zero-order valence-corrected chi connectivity index (χ0v) is 11.9. The average molecular weight is 303 g/mol. The molecule has 1 amide bonds. The van der Waals surface area contributed by atoms with Gasteiger partial charge in [0.15, 0.2) is 4.67 Å². The summed E-state index contributed by atoms with van der Waals surface area (Å²) in [5.41, 5.74) is 5.83. The maximum absolute atomic E-state index is 11.9. The number of likely N-dealkylation sites (N-methyl/N-ethyl adjacent to an activating group) is 1. The standard InChI is InChI=1S/C12H19BrN2O2/c1-3-4-5-10(14)12(16)15(2)8-9-6-7-11(13)17-9/h6-7,10H,3-5,8,14H2,1-2H3. The average Bonchev–Trinajstić information content (AvgIpc) is 2.70. The van der Waals surface area contributed by atoms with Gasteiger partial charge in [0.1, 0.15) is 5.76 Å². The molecule has 0 aliphatic carbocycles. The van der Waals surface area contributed by atoms with E-state index >= 15 is 0 Å². The molecule has 1 aromatic rings. The minimum Gasteiger partial charge on any atom is -0.452 e. The summed E-state index contributed by atoms with van der Waals surface area (Å²) in [7, 11) is 1.74. The lowest BCUT2D eigenvalue weighted by Crippen LogP contribution is -2.41. The van der Waals surface area contributed by atoms with E-state index in [2.05, 4.69) is 22.9 Å². The molecule has 0 saturated heterocycles. The summed E-state index contributed by atoms with van der Waals surface area (Å²) in [6.45, 7) is 2.53. The Balaban J connectivity index is 2.46. The number of furan rings is 1. The summed E-state index contributed by atoms with van der Waals surface area (Å²) < 4.78 is 6.02. The van der Waals surface area contributed by atoms with Gasteiger partial charge in [0, 0.05) is 7.05 Å². The lowest BCUT2D eigenvalue weighted by Gasteiger charge is -2.20. The zero-order valence-electron chi connectivity index (χ0n) is 10.3. The number of amides is 1. The molecule has 0 bridgehead atoms. The molecule has 5 heteroatoms. The molecule has 0 radical (unpaired) electrons. The predicted octanol–water partition coefficient (Wildman–Crippen LogP) is 2.52. The molecule has 4 nitrogen and oxygen atoms in total. The van der Waals surface area contributed by atoms with E-state index in [9.17, 15) is 4.79 Å². The highest BCUT2D eigenvalue weighted by Crippen LogP contribution is 2.15. The van der Waals surface area contributed by atoms with Crippen LogP contribution in [0.4, 0.5) is 0 Å². The fourth-order valence-electron chi connectivity index (χ4n) is 1.58. The summed E-state index contributed by atoms with van der Waals surface area (Å²) in [6, 6.07) is 3.24. The molecule has 1 aromatic heterocycles. The largest absolute Gasteiger partial charge is 0.452 e. The molecule has 1 atom stereocenters. The van der Waals surface area contributed by atoms with Gasteiger partial charge in [-0.25, -0.2) is 0 Å². The maximum Gasteiger partial charge on any atom is 0.239 e. The zero-order chi connectivity index (χ0) is 12.8. The van der Waals surface area contributed by atoms with Gasteiger partial charge >= 0.3 is 0 Å². The summed E-state index contributed by atoms with van der Waals surface area (Å²) in [4.78, 5) is 13.5. The van der Waals surface area contributed by atoms with Gasteiger partial charge in [0.05, 0.1) is 12.6 Å². The Kier molecular flexibility index (Phi) is 5.71. The minimum atomic E-state index is -0.404. The van der Waals surface area contributed by atoms with Crippen molar-refractivity contribution in [3.05, 3.63) is 22.6 Å². The van der Waals surface area contributed by atoms with Crippen LogP contribution in [0.1, 0.15) is 31.9 Å². The van der Waals surface area contributed by atoms with Gasteiger partial charge < -0.3 is 15.1 Å². The molecule has 1 rings (SSSR count). The second-order valence-electron chi connectivity index (χ2n) is 4.15. The van der Waals surface area contributed by atoms with E-state index in [1.165, 1.54) is 0 Å². The third-order valence-corrected chi connectivity index (χ3v) is 3.01. The second-order valence-corrected chi connectivity index (χ2v) is 4.93. The Morgan fingerprint density at radius 2 is 2.29 bits per heavy atom. The normalized spacial score (nSPS) is 12.5. The number of carbonyl (C=O) groups excluding carboxylic acids is 1. The molecule has 17 heavy (non-hydrogen) atoms. The molecule has 2 N–H and O–H groups in total. The fraction of sp³-hybridized carbons (Fsp3) is 0.583. The van der Waals surface area contributed by atoms with E-state index in [0.29, 0.717) is 11.2 Å². The van der Waals surface area contributed by atoms with Crippen LogP contribution in [-0.4, -0.2) is 23.9 Å². The van der Waals surface area contributed by atoms with Crippen LogP contribution in [0, 0.1) is 0 Å². The van der Waals surface area contributed by atoms with Crippen LogP contribution in [0.3, 0.4) is 0 Å². The first-order valence-electron chi connectivity index (χ1n) is 5.79. The quantitative estimate of drug-likeness (QED) is 0.878. The Bertz CT molecular complexity index is 365. The van der Waals surface area contributed by atoms with Gasteiger partial charge in [-0.3, -0.25) is 4.79 Å². The van der Waals surface area contributed by atoms with Crippen molar-refractivity contribution in [3.8, 4) is 0 Å². The summed E-state index contributed by atoms with van der Waals surface area (Å²) in [6.07, 6.45) is 2.77. The summed E-state index contributed by atoms with van der Waals surface area (Å²) >= 11 is 3.23. The predicted molar refractivity (Wildman–Crippen MR) is 70.4 cm³/mol. The Morgan fingerprint density at radius 3 is 2.82 bits per heavy atom. The van der Waals surface area contributed by atoms with Gasteiger partial charge in [0.25, 0.3) is 0 Å². The molecule has 0 fully saturated rings. The van der Waals surface area contributed by atoms with Crippen molar-refractivity contribution in [1.82, 2.24) is 4.90 Å². The maximum atomic E-state index is 11.9. The van der Waals surface area contributed by atoms with Crippen molar-refractivity contribution in [2.75, 3.05) is 7.05 Å². The lowest BCUT2D eigenvalue weighted by atomic mass is 10.1. The SMILES string of the molecule is CCCCC(N)C(=O)N(C)Cc1ccc(Br)o1. The molecule has 1 unspecified atom stereocenters. The number of halogens is 1. The van der Waals surface area contributed by atoms with Crippen LogP contribution in [0.2, 0.25) is 0 Å². The first-order chi connectivity index (χ1) is 8.04. The number of hydrogen-bond acceptors (Lipinski definition) is 3. The molecule has 1 heterocycles. The van der Waals surface area contributed by atoms with Crippen molar-refractivity contribution in [3.63, 3.8) is 0 Å².